The Bertz CT molecular complexity index is 994. The smallest absolute Gasteiger partial charge is 0.234 e. The Morgan fingerprint density at radius 2 is 2.00 bits per heavy atom. The second-order valence-electron chi connectivity index (χ2n) is 5.97. The van der Waals surface area contributed by atoms with E-state index < -0.39 is 0 Å². The van der Waals surface area contributed by atoms with Crippen molar-refractivity contribution >= 4 is 46.6 Å². The first-order chi connectivity index (χ1) is 13.4. The van der Waals surface area contributed by atoms with E-state index in [-0.39, 0.29) is 18.3 Å². The Balaban J connectivity index is 1.55. The van der Waals surface area contributed by atoms with Gasteiger partial charge in [0.15, 0.2) is 11.0 Å². The molecule has 0 radical (unpaired) electrons. The molecule has 1 N–H and O–H groups in total. The van der Waals surface area contributed by atoms with Crippen LogP contribution >= 0.6 is 35.0 Å². The molecule has 2 aromatic carbocycles. The third-order valence-electron chi connectivity index (χ3n) is 3.90. The molecule has 0 fully saturated rings. The maximum Gasteiger partial charge on any atom is 0.234 e. The molecule has 0 aliphatic heterocycles. The van der Waals surface area contributed by atoms with Gasteiger partial charge in [-0.05, 0) is 42.8 Å². The summed E-state index contributed by atoms with van der Waals surface area (Å²) in [5.41, 5.74) is 1.53. The summed E-state index contributed by atoms with van der Waals surface area (Å²) in [5, 5.41) is 12.8. The molecule has 146 valence electrons. The highest BCUT2D eigenvalue weighted by Crippen LogP contribution is 2.24. The Morgan fingerprint density at radius 3 is 2.75 bits per heavy atom. The van der Waals surface area contributed by atoms with E-state index in [9.17, 15) is 4.79 Å². The molecule has 6 nitrogen and oxygen atoms in total. The monoisotopic (exact) mass is 436 g/mol. The van der Waals surface area contributed by atoms with Crippen LogP contribution in [-0.4, -0.2) is 26.4 Å². The molecule has 3 aromatic rings. The second-order valence-corrected chi connectivity index (χ2v) is 7.76. The Kier molecular flexibility index (Phi) is 6.83. The lowest BCUT2D eigenvalue weighted by atomic mass is 10.2. The Labute approximate surface area is 177 Å². The molecule has 1 aromatic heterocycles. The average Bonchev–Trinajstić information content (AvgIpc) is 3.01. The van der Waals surface area contributed by atoms with Gasteiger partial charge in [-0.15, -0.1) is 10.2 Å². The van der Waals surface area contributed by atoms with Crippen LogP contribution in [0.3, 0.4) is 0 Å². The van der Waals surface area contributed by atoms with Crippen LogP contribution in [-0.2, 0) is 18.4 Å². The number of hydrogen-bond acceptors (Lipinski definition) is 5. The van der Waals surface area contributed by atoms with Gasteiger partial charge in [-0.2, -0.15) is 0 Å². The molecule has 28 heavy (non-hydrogen) atoms. The van der Waals surface area contributed by atoms with Crippen LogP contribution in [0.1, 0.15) is 11.4 Å². The first-order valence-corrected chi connectivity index (χ1v) is 10.1. The first kappa shape index (κ1) is 20.5. The third-order valence-corrected chi connectivity index (χ3v) is 5.48. The van der Waals surface area contributed by atoms with Crippen LogP contribution in [0.25, 0.3) is 0 Å². The van der Waals surface area contributed by atoms with E-state index in [0.29, 0.717) is 26.7 Å². The molecule has 0 saturated heterocycles. The van der Waals surface area contributed by atoms with Crippen molar-refractivity contribution in [1.82, 2.24) is 14.8 Å². The number of hydrogen-bond donors (Lipinski definition) is 1. The Hall–Kier alpha value is -2.22. The van der Waals surface area contributed by atoms with Crippen molar-refractivity contribution in [2.75, 3.05) is 11.1 Å². The molecule has 0 unspecified atom stereocenters. The summed E-state index contributed by atoms with van der Waals surface area (Å²) in [4.78, 5) is 12.1. The van der Waals surface area contributed by atoms with Crippen molar-refractivity contribution in [1.29, 1.82) is 0 Å². The number of anilines is 1. The molecule has 9 heteroatoms. The van der Waals surface area contributed by atoms with E-state index in [1.165, 1.54) is 11.8 Å². The summed E-state index contributed by atoms with van der Waals surface area (Å²) in [6, 6.07) is 12.5. The zero-order valence-electron chi connectivity index (χ0n) is 15.3. The fraction of sp³-hybridized carbons (Fsp3) is 0.211. The van der Waals surface area contributed by atoms with Gasteiger partial charge in [-0.25, -0.2) is 0 Å². The second kappa shape index (κ2) is 9.32. The molecular weight excluding hydrogens is 419 g/mol. The number of carbonyl (C=O) groups excluding carboxylic acids is 1. The van der Waals surface area contributed by atoms with Gasteiger partial charge in [0.05, 0.1) is 16.5 Å². The predicted molar refractivity (Wildman–Crippen MR) is 112 cm³/mol. The van der Waals surface area contributed by atoms with Crippen LogP contribution in [0.15, 0.2) is 47.6 Å². The lowest BCUT2D eigenvalue weighted by molar-refractivity contribution is -0.113. The summed E-state index contributed by atoms with van der Waals surface area (Å²) in [7, 11) is 1.84. The minimum atomic E-state index is -0.171. The molecule has 0 bridgehead atoms. The fourth-order valence-corrected chi connectivity index (χ4v) is 3.53. The number of nitrogens with one attached hydrogen (secondary N) is 1. The number of aromatic nitrogens is 3. The van der Waals surface area contributed by atoms with Gasteiger partial charge >= 0.3 is 0 Å². The number of amides is 1. The molecule has 0 atom stereocenters. The van der Waals surface area contributed by atoms with Crippen molar-refractivity contribution in [3.05, 3.63) is 63.9 Å². The molecule has 0 aliphatic rings. The van der Waals surface area contributed by atoms with Gasteiger partial charge < -0.3 is 14.6 Å². The summed E-state index contributed by atoms with van der Waals surface area (Å²) in [6.07, 6.45) is 0. The molecular formula is C19H18Cl2N4O2S. The lowest BCUT2D eigenvalue weighted by Gasteiger charge is -2.09. The first-order valence-electron chi connectivity index (χ1n) is 8.38. The van der Waals surface area contributed by atoms with Gasteiger partial charge in [0.25, 0.3) is 0 Å². The zero-order chi connectivity index (χ0) is 20.1. The van der Waals surface area contributed by atoms with Crippen LogP contribution in [0.2, 0.25) is 10.0 Å². The topological polar surface area (TPSA) is 69.0 Å². The molecule has 0 spiro atoms. The number of rotatable bonds is 7. The third kappa shape index (κ3) is 5.19. The normalized spacial score (nSPS) is 10.7. The highest BCUT2D eigenvalue weighted by atomic mass is 35.5. The SMILES string of the molecule is Cc1cc(Cl)ccc1OCc1nnc(SCC(=O)Nc2ccccc2Cl)n1C. The number of aryl methyl sites for hydroxylation is 1. The van der Waals surface area contributed by atoms with E-state index in [0.717, 1.165) is 11.3 Å². The molecule has 3 rings (SSSR count). The van der Waals surface area contributed by atoms with Gasteiger partial charge in [-0.1, -0.05) is 47.1 Å². The fourth-order valence-electron chi connectivity index (χ4n) is 2.39. The maximum absolute atomic E-state index is 12.1. The van der Waals surface area contributed by atoms with Gasteiger partial charge in [0, 0.05) is 12.1 Å². The minimum absolute atomic E-state index is 0.171. The van der Waals surface area contributed by atoms with E-state index in [1.54, 1.807) is 28.8 Å². The number of nitrogens with zero attached hydrogens (tertiary/aromatic N) is 3. The number of benzene rings is 2. The summed E-state index contributed by atoms with van der Waals surface area (Å²) >= 11 is 13.3. The summed E-state index contributed by atoms with van der Waals surface area (Å²) in [5.74, 6) is 1.41. The van der Waals surface area contributed by atoms with Gasteiger partial charge in [0.2, 0.25) is 5.91 Å². The van der Waals surface area contributed by atoms with Crippen LogP contribution in [0.4, 0.5) is 5.69 Å². The van der Waals surface area contributed by atoms with E-state index >= 15 is 0 Å². The highest BCUT2D eigenvalue weighted by molar-refractivity contribution is 7.99. The number of thioether (sulfide) groups is 1. The maximum atomic E-state index is 12.1. The standard InChI is InChI=1S/C19H18Cl2N4O2S/c1-12-9-13(20)7-8-16(12)27-10-17-23-24-19(25(17)2)28-11-18(26)22-15-6-4-3-5-14(15)21/h3-9H,10-11H2,1-2H3,(H,22,26). The molecule has 1 amide bonds. The zero-order valence-corrected chi connectivity index (χ0v) is 17.6. The largest absolute Gasteiger partial charge is 0.485 e. The van der Waals surface area contributed by atoms with E-state index in [2.05, 4.69) is 15.5 Å². The average molecular weight is 437 g/mol. The lowest BCUT2D eigenvalue weighted by Crippen LogP contribution is -2.14. The quantitative estimate of drug-likeness (QED) is 0.541. The van der Waals surface area contributed by atoms with Crippen molar-refractivity contribution in [3.63, 3.8) is 0 Å². The van der Waals surface area contributed by atoms with Crippen molar-refractivity contribution in [2.45, 2.75) is 18.7 Å². The number of ether oxygens (including phenoxy) is 1. The number of para-hydroxylation sites is 1. The van der Waals surface area contributed by atoms with Crippen molar-refractivity contribution < 1.29 is 9.53 Å². The minimum Gasteiger partial charge on any atom is -0.485 e. The molecule has 0 saturated carbocycles. The van der Waals surface area contributed by atoms with Crippen molar-refractivity contribution in [2.24, 2.45) is 7.05 Å². The predicted octanol–water partition coefficient (Wildman–Crippen LogP) is 4.74. The van der Waals surface area contributed by atoms with E-state index in [4.69, 9.17) is 27.9 Å². The van der Waals surface area contributed by atoms with Gasteiger partial charge in [0.1, 0.15) is 12.4 Å². The van der Waals surface area contributed by atoms with Crippen LogP contribution < -0.4 is 10.1 Å². The number of carbonyl (C=O) groups is 1. The summed E-state index contributed by atoms with van der Waals surface area (Å²) in [6.45, 7) is 2.19. The van der Waals surface area contributed by atoms with Crippen LogP contribution in [0, 0.1) is 6.92 Å². The molecule has 1 heterocycles. The number of halogens is 2. The van der Waals surface area contributed by atoms with Crippen LogP contribution in [0.5, 0.6) is 5.75 Å². The highest BCUT2D eigenvalue weighted by Gasteiger charge is 2.13. The van der Waals surface area contributed by atoms with Gasteiger partial charge in [-0.3, -0.25) is 4.79 Å². The summed E-state index contributed by atoms with van der Waals surface area (Å²) < 4.78 is 7.61. The molecule has 0 aliphatic carbocycles. The Morgan fingerprint density at radius 1 is 1.21 bits per heavy atom. The van der Waals surface area contributed by atoms with E-state index in [1.807, 2.05) is 32.2 Å². The van der Waals surface area contributed by atoms with Crippen molar-refractivity contribution in [3.8, 4) is 5.75 Å².